The molecular formula is C30H30N2O3S. The van der Waals surface area contributed by atoms with Crippen molar-refractivity contribution in [3.63, 3.8) is 0 Å². The monoisotopic (exact) mass is 498 g/mol. The lowest BCUT2D eigenvalue weighted by Crippen LogP contribution is -2.24. The molecule has 6 heteroatoms. The SMILES string of the molecule is COc1ccccc1-n1c(-c2cc(C(=O)NCCCCc3ccccc3)cc(C3CC3)c2)csc1=O. The Morgan fingerprint density at radius 1 is 1.03 bits per heavy atom. The molecular weight excluding hydrogens is 468 g/mol. The van der Waals surface area contributed by atoms with Crippen molar-refractivity contribution in [1.29, 1.82) is 0 Å². The molecule has 36 heavy (non-hydrogen) atoms. The summed E-state index contributed by atoms with van der Waals surface area (Å²) < 4.78 is 7.20. The van der Waals surface area contributed by atoms with E-state index in [0.29, 0.717) is 29.5 Å². The minimum absolute atomic E-state index is 0.0696. The maximum Gasteiger partial charge on any atom is 0.312 e. The molecule has 1 aliphatic carbocycles. The molecule has 1 N–H and O–H groups in total. The fourth-order valence-corrected chi connectivity index (χ4v) is 5.29. The molecule has 5 nitrogen and oxygen atoms in total. The highest BCUT2D eigenvalue weighted by Gasteiger charge is 2.26. The van der Waals surface area contributed by atoms with E-state index in [0.717, 1.165) is 60.3 Å². The van der Waals surface area contributed by atoms with Gasteiger partial charge in [0.2, 0.25) is 0 Å². The van der Waals surface area contributed by atoms with Crippen LogP contribution in [0.3, 0.4) is 0 Å². The van der Waals surface area contributed by atoms with Gasteiger partial charge >= 0.3 is 4.87 Å². The van der Waals surface area contributed by atoms with Crippen LogP contribution in [-0.2, 0) is 6.42 Å². The molecule has 1 aromatic heterocycles. The zero-order chi connectivity index (χ0) is 24.9. The predicted octanol–water partition coefficient (Wildman–Crippen LogP) is 6.20. The number of hydrogen-bond acceptors (Lipinski definition) is 4. The van der Waals surface area contributed by atoms with Gasteiger partial charge in [-0.05, 0) is 79.5 Å². The highest BCUT2D eigenvalue weighted by atomic mass is 32.1. The third kappa shape index (κ3) is 5.44. The number of methoxy groups -OCH3 is 1. The largest absolute Gasteiger partial charge is 0.495 e. The number of amides is 1. The van der Waals surface area contributed by atoms with E-state index in [9.17, 15) is 9.59 Å². The molecule has 1 amide bonds. The number of benzene rings is 3. The summed E-state index contributed by atoms with van der Waals surface area (Å²) in [6.07, 6.45) is 5.22. The van der Waals surface area contributed by atoms with Crippen molar-refractivity contribution in [1.82, 2.24) is 9.88 Å². The van der Waals surface area contributed by atoms with E-state index in [-0.39, 0.29) is 10.8 Å². The summed E-state index contributed by atoms with van der Waals surface area (Å²) in [5.41, 5.74) is 5.46. The summed E-state index contributed by atoms with van der Waals surface area (Å²) >= 11 is 1.15. The molecule has 4 aromatic rings. The van der Waals surface area contributed by atoms with Gasteiger partial charge in [0, 0.05) is 23.1 Å². The molecule has 0 saturated heterocycles. The number of hydrogen-bond donors (Lipinski definition) is 1. The Kier molecular flexibility index (Phi) is 7.33. The van der Waals surface area contributed by atoms with Crippen LogP contribution < -0.4 is 14.9 Å². The topological polar surface area (TPSA) is 60.3 Å². The third-order valence-corrected chi connectivity index (χ3v) is 7.33. The highest BCUT2D eigenvalue weighted by molar-refractivity contribution is 7.07. The minimum Gasteiger partial charge on any atom is -0.495 e. The Labute approximate surface area is 215 Å². The molecule has 0 bridgehead atoms. The zero-order valence-electron chi connectivity index (χ0n) is 20.4. The van der Waals surface area contributed by atoms with Crippen molar-refractivity contribution in [3.8, 4) is 22.7 Å². The van der Waals surface area contributed by atoms with Crippen molar-refractivity contribution in [2.75, 3.05) is 13.7 Å². The summed E-state index contributed by atoms with van der Waals surface area (Å²) in [6, 6.07) is 24.0. The van der Waals surface area contributed by atoms with Crippen LogP contribution >= 0.6 is 11.3 Å². The summed E-state index contributed by atoms with van der Waals surface area (Å²) in [4.78, 5) is 25.9. The van der Waals surface area contributed by atoms with E-state index in [1.54, 1.807) is 11.7 Å². The lowest BCUT2D eigenvalue weighted by Gasteiger charge is -2.14. The zero-order valence-corrected chi connectivity index (χ0v) is 21.2. The smallest absolute Gasteiger partial charge is 0.312 e. The van der Waals surface area contributed by atoms with Crippen LogP contribution in [0.4, 0.5) is 0 Å². The van der Waals surface area contributed by atoms with E-state index < -0.39 is 0 Å². The van der Waals surface area contributed by atoms with Gasteiger partial charge in [-0.3, -0.25) is 14.2 Å². The average Bonchev–Trinajstić information content (AvgIpc) is 3.70. The molecule has 0 radical (unpaired) electrons. The van der Waals surface area contributed by atoms with E-state index in [2.05, 4.69) is 35.6 Å². The van der Waals surface area contributed by atoms with Gasteiger partial charge in [0.25, 0.3) is 5.91 Å². The van der Waals surface area contributed by atoms with Gasteiger partial charge < -0.3 is 10.1 Å². The number of nitrogens with zero attached hydrogens (tertiary/aromatic N) is 1. The van der Waals surface area contributed by atoms with Gasteiger partial charge in [0.05, 0.1) is 18.5 Å². The van der Waals surface area contributed by atoms with Crippen molar-refractivity contribution in [3.05, 3.63) is 105 Å². The van der Waals surface area contributed by atoms with Crippen LogP contribution in [0.15, 0.2) is 83.0 Å². The number of rotatable bonds is 10. The highest BCUT2D eigenvalue weighted by Crippen LogP contribution is 2.42. The predicted molar refractivity (Wildman–Crippen MR) is 146 cm³/mol. The molecule has 184 valence electrons. The first kappa shape index (κ1) is 24.1. The van der Waals surface area contributed by atoms with Crippen LogP contribution in [0.1, 0.15) is 53.1 Å². The molecule has 0 atom stereocenters. The van der Waals surface area contributed by atoms with E-state index in [4.69, 9.17) is 4.74 Å². The molecule has 3 aromatic carbocycles. The number of carbonyl (C=O) groups excluding carboxylic acids is 1. The number of carbonyl (C=O) groups is 1. The molecule has 5 rings (SSSR count). The van der Waals surface area contributed by atoms with Crippen molar-refractivity contribution in [2.45, 2.75) is 38.0 Å². The average molecular weight is 499 g/mol. The van der Waals surface area contributed by atoms with Gasteiger partial charge in [-0.1, -0.05) is 53.8 Å². The van der Waals surface area contributed by atoms with E-state index in [1.807, 2.05) is 47.8 Å². The van der Waals surface area contributed by atoms with Gasteiger partial charge in [-0.2, -0.15) is 0 Å². The van der Waals surface area contributed by atoms with Crippen molar-refractivity contribution in [2.24, 2.45) is 0 Å². The number of aryl methyl sites for hydroxylation is 1. The first-order valence-corrected chi connectivity index (χ1v) is 13.3. The number of ether oxygens (including phenoxy) is 1. The second-order valence-electron chi connectivity index (χ2n) is 9.21. The molecule has 1 aliphatic rings. The van der Waals surface area contributed by atoms with Crippen LogP contribution in [0.5, 0.6) is 5.75 Å². The van der Waals surface area contributed by atoms with Crippen LogP contribution in [-0.4, -0.2) is 24.1 Å². The molecule has 1 saturated carbocycles. The number of nitrogens with one attached hydrogen (secondary N) is 1. The van der Waals surface area contributed by atoms with Crippen molar-refractivity contribution >= 4 is 17.2 Å². The summed E-state index contributed by atoms with van der Waals surface area (Å²) in [5, 5.41) is 4.96. The second-order valence-corrected chi connectivity index (χ2v) is 10.0. The molecule has 1 fully saturated rings. The fraction of sp³-hybridized carbons (Fsp3) is 0.267. The summed E-state index contributed by atoms with van der Waals surface area (Å²) in [7, 11) is 1.60. The number of thiazole rings is 1. The van der Waals surface area contributed by atoms with E-state index >= 15 is 0 Å². The fourth-order valence-electron chi connectivity index (χ4n) is 4.54. The maximum absolute atomic E-state index is 13.1. The second kappa shape index (κ2) is 11.0. The number of para-hydroxylation sites is 2. The molecule has 0 spiro atoms. The lowest BCUT2D eigenvalue weighted by molar-refractivity contribution is 0.0953. The van der Waals surface area contributed by atoms with Crippen LogP contribution in [0, 0.1) is 0 Å². The van der Waals surface area contributed by atoms with Gasteiger partial charge in [-0.15, -0.1) is 0 Å². The summed E-state index contributed by atoms with van der Waals surface area (Å²) in [5.74, 6) is 1.04. The number of aromatic nitrogens is 1. The Morgan fingerprint density at radius 2 is 1.81 bits per heavy atom. The van der Waals surface area contributed by atoms with Gasteiger partial charge in [0.15, 0.2) is 0 Å². The lowest BCUT2D eigenvalue weighted by atomic mass is 10.00. The third-order valence-electron chi connectivity index (χ3n) is 6.60. The Morgan fingerprint density at radius 3 is 2.58 bits per heavy atom. The Hall–Kier alpha value is -3.64. The Bertz CT molecular complexity index is 1400. The molecule has 0 unspecified atom stereocenters. The van der Waals surface area contributed by atoms with Crippen LogP contribution in [0.2, 0.25) is 0 Å². The normalized spacial score (nSPS) is 12.9. The van der Waals surface area contributed by atoms with Gasteiger partial charge in [0.1, 0.15) is 5.75 Å². The first-order valence-electron chi connectivity index (χ1n) is 12.5. The molecule has 0 aliphatic heterocycles. The standard InChI is InChI=1S/C30H30N2O3S/c1-35-28-13-6-5-12-26(28)32-27(20-36-30(32)34)24-17-23(22-14-15-22)18-25(19-24)29(33)31-16-8-7-11-21-9-3-2-4-10-21/h2-6,9-10,12-13,17-20,22H,7-8,11,14-16H2,1H3,(H,31,33). The summed E-state index contributed by atoms with van der Waals surface area (Å²) in [6.45, 7) is 0.638. The van der Waals surface area contributed by atoms with E-state index in [1.165, 1.54) is 5.56 Å². The Balaban J connectivity index is 1.36. The minimum atomic E-state index is -0.0873. The van der Waals surface area contributed by atoms with Crippen LogP contribution in [0.25, 0.3) is 16.9 Å². The first-order chi connectivity index (χ1) is 17.6. The van der Waals surface area contributed by atoms with Crippen molar-refractivity contribution < 1.29 is 9.53 Å². The molecule has 1 heterocycles. The number of unbranched alkanes of at least 4 members (excludes halogenated alkanes) is 1. The quantitative estimate of drug-likeness (QED) is 0.265. The maximum atomic E-state index is 13.1. The van der Waals surface area contributed by atoms with Gasteiger partial charge in [-0.25, -0.2) is 0 Å².